The molecule has 1 N–H and O–H groups in total. The van der Waals surface area contributed by atoms with Crippen LogP contribution in [-0.2, 0) is 0 Å². The van der Waals surface area contributed by atoms with Crippen molar-refractivity contribution < 1.29 is 9.53 Å². The summed E-state index contributed by atoms with van der Waals surface area (Å²) in [6.07, 6.45) is 1.45. The molecule has 0 bridgehead atoms. The minimum atomic E-state index is -0.390. The van der Waals surface area contributed by atoms with Crippen LogP contribution in [0.2, 0.25) is 0 Å². The predicted molar refractivity (Wildman–Crippen MR) is 109 cm³/mol. The molecular formula is C20H21N7O2. The van der Waals surface area contributed by atoms with E-state index < -0.39 is 5.91 Å². The van der Waals surface area contributed by atoms with Crippen LogP contribution in [0.15, 0.2) is 54.9 Å². The van der Waals surface area contributed by atoms with E-state index in [1.54, 1.807) is 18.2 Å². The Hall–Kier alpha value is -3.75. The average molecular weight is 391 g/mol. The first-order valence-electron chi connectivity index (χ1n) is 9.29. The number of benzene rings is 1. The highest BCUT2D eigenvalue weighted by Crippen LogP contribution is 2.20. The summed E-state index contributed by atoms with van der Waals surface area (Å²) in [4.78, 5) is 25.4. The fourth-order valence-electron chi connectivity index (χ4n) is 3.15. The number of para-hydroxylation sites is 1. The van der Waals surface area contributed by atoms with Gasteiger partial charge >= 0.3 is 0 Å². The highest BCUT2D eigenvalue weighted by Gasteiger charge is 2.19. The smallest absolute Gasteiger partial charge is 0.277 e. The van der Waals surface area contributed by atoms with Gasteiger partial charge < -0.3 is 19.9 Å². The largest absolute Gasteiger partial charge is 0.480 e. The molecule has 0 atom stereocenters. The van der Waals surface area contributed by atoms with Crippen molar-refractivity contribution in [3.63, 3.8) is 0 Å². The molecule has 1 aromatic carbocycles. The Balaban J connectivity index is 1.39. The van der Waals surface area contributed by atoms with E-state index in [1.807, 2.05) is 18.2 Å². The predicted octanol–water partition coefficient (Wildman–Crippen LogP) is 1.85. The van der Waals surface area contributed by atoms with Crippen LogP contribution in [0, 0.1) is 0 Å². The maximum atomic E-state index is 12.4. The van der Waals surface area contributed by atoms with Crippen molar-refractivity contribution in [2.75, 3.05) is 48.4 Å². The van der Waals surface area contributed by atoms with Gasteiger partial charge in [0.25, 0.3) is 5.91 Å². The summed E-state index contributed by atoms with van der Waals surface area (Å²) in [5, 5.41) is 10.4. The van der Waals surface area contributed by atoms with E-state index in [-0.39, 0.29) is 5.69 Å². The molecule has 0 radical (unpaired) electrons. The number of anilines is 3. The summed E-state index contributed by atoms with van der Waals surface area (Å²) >= 11 is 0. The van der Waals surface area contributed by atoms with Crippen LogP contribution in [0.5, 0.6) is 5.88 Å². The van der Waals surface area contributed by atoms with Gasteiger partial charge in [-0.25, -0.2) is 9.97 Å². The maximum absolute atomic E-state index is 12.4. The van der Waals surface area contributed by atoms with Crippen LogP contribution >= 0.6 is 0 Å². The third-order valence-corrected chi connectivity index (χ3v) is 4.70. The number of nitrogens with zero attached hydrogens (tertiary/aromatic N) is 6. The van der Waals surface area contributed by atoms with Gasteiger partial charge in [-0.3, -0.25) is 4.79 Å². The normalized spacial score (nSPS) is 13.8. The molecule has 1 aliphatic heterocycles. The van der Waals surface area contributed by atoms with Crippen molar-refractivity contribution in [3.8, 4) is 5.88 Å². The van der Waals surface area contributed by atoms with Crippen LogP contribution in [0.4, 0.5) is 17.3 Å². The first-order valence-corrected chi connectivity index (χ1v) is 9.29. The van der Waals surface area contributed by atoms with E-state index in [0.29, 0.717) is 11.7 Å². The molecule has 148 valence electrons. The summed E-state index contributed by atoms with van der Waals surface area (Å²) in [6, 6.07) is 15.3. The molecule has 9 heteroatoms. The highest BCUT2D eigenvalue weighted by atomic mass is 16.5. The zero-order chi connectivity index (χ0) is 20.1. The zero-order valence-electron chi connectivity index (χ0n) is 16.0. The zero-order valence-corrected chi connectivity index (χ0v) is 16.0. The van der Waals surface area contributed by atoms with Gasteiger partial charge in [-0.05, 0) is 18.2 Å². The fourth-order valence-corrected chi connectivity index (χ4v) is 3.15. The molecule has 3 aromatic rings. The quantitative estimate of drug-likeness (QED) is 0.704. The number of rotatable bonds is 5. The molecule has 1 amide bonds. The van der Waals surface area contributed by atoms with Crippen molar-refractivity contribution in [1.29, 1.82) is 0 Å². The number of hydrogen-bond donors (Lipinski definition) is 1. The number of amides is 1. The molecule has 9 nitrogen and oxygen atoms in total. The van der Waals surface area contributed by atoms with Crippen LogP contribution in [0.1, 0.15) is 10.5 Å². The second-order valence-electron chi connectivity index (χ2n) is 6.49. The van der Waals surface area contributed by atoms with E-state index in [0.717, 1.165) is 32.0 Å². The number of methoxy groups -OCH3 is 1. The van der Waals surface area contributed by atoms with E-state index in [2.05, 4.69) is 47.4 Å². The molecule has 0 aliphatic carbocycles. The first kappa shape index (κ1) is 18.6. The summed E-state index contributed by atoms with van der Waals surface area (Å²) in [7, 11) is 1.49. The number of hydrogen-bond acceptors (Lipinski definition) is 8. The summed E-state index contributed by atoms with van der Waals surface area (Å²) in [5.74, 6) is 1.16. The van der Waals surface area contributed by atoms with Gasteiger partial charge in [0.05, 0.1) is 7.11 Å². The molecule has 0 spiro atoms. The van der Waals surface area contributed by atoms with Crippen LogP contribution in [-0.4, -0.2) is 59.4 Å². The summed E-state index contributed by atoms with van der Waals surface area (Å²) < 4.78 is 4.95. The lowest BCUT2D eigenvalue weighted by atomic mass is 10.2. The van der Waals surface area contributed by atoms with E-state index in [9.17, 15) is 4.79 Å². The van der Waals surface area contributed by atoms with Crippen molar-refractivity contribution in [2.24, 2.45) is 0 Å². The molecule has 1 saturated heterocycles. The van der Waals surface area contributed by atoms with Gasteiger partial charge in [0.2, 0.25) is 5.88 Å². The van der Waals surface area contributed by atoms with Gasteiger partial charge in [0.15, 0.2) is 5.69 Å². The Morgan fingerprint density at radius 1 is 0.966 bits per heavy atom. The molecule has 1 aliphatic rings. The number of carbonyl (C=O) groups excluding carboxylic acids is 1. The maximum Gasteiger partial charge on any atom is 0.277 e. The SMILES string of the molecule is COc1ccc(C(=O)Nc2cc(N3CCN(c4ccccc4)CC3)ncn2)nn1. The van der Waals surface area contributed by atoms with Crippen molar-refractivity contribution >= 4 is 23.2 Å². The van der Waals surface area contributed by atoms with Crippen LogP contribution in [0.25, 0.3) is 0 Å². The lowest BCUT2D eigenvalue weighted by Crippen LogP contribution is -2.46. The molecular weight excluding hydrogens is 370 g/mol. The number of ether oxygens (including phenoxy) is 1. The van der Waals surface area contributed by atoms with Crippen LogP contribution in [0.3, 0.4) is 0 Å². The van der Waals surface area contributed by atoms with E-state index in [4.69, 9.17) is 4.74 Å². The summed E-state index contributed by atoms with van der Waals surface area (Å²) in [6.45, 7) is 3.47. The Morgan fingerprint density at radius 2 is 1.72 bits per heavy atom. The lowest BCUT2D eigenvalue weighted by molar-refractivity contribution is 0.102. The molecule has 0 unspecified atom stereocenters. The Labute approximate surface area is 168 Å². The van der Waals surface area contributed by atoms with Crippen molar-refractivity contribution in [1.82, 2.24) is 20.2 Å². The van der Waals surface area contributed by atoms with Gasteiger partial charge in [-0.1, -0.05) is 18.2 Å². The lowest BCUT2D eigenvalue weighted by Gasteiger charge is -2.36. The minimum absolute atomic E-state index is 0.183. The van der Waals surface area contributed by atoms with Crippen molar-refractivity contribution in [3.05, 3.63) is 60.6 Å². The molecule has 1 fully saturated rings. The van der Waals surface area contributed by atoms with Crippen molar-refractivity contribution in [2.45, 2.75) is 0 Å². The fraction of sp³-hybridized carbons (Fsp3) is 0.250. The third kappa shape index (κ3) is 4.40. The topological polar surface area (TPSA) is 96.4 Å². The molecule has 3 heterocycles. The van der Waals surface area contributed by atoms with E-state index >= 15 is 0 Å². The number of piperazine rings is 1. The summed E-state index contributed by atoms with van der Waals surface area (Å²) in [5.41, 5.74) is 1.41. The Bertz CT molecular complexity index is 958. The van der Waals surface area contributed by atoms with Gasteiger partial charge in [-0.15, -0.1) is 10.2 Å². The van der Waals surface area contributed by atoms with E-state index in [1.165, 1.54) is 19.1 Å². The third-order valence-electron chi connectivity index (χ3n) is 4.70. The molecule has 2 aromatic heterocycles. The first-order chi connectivity index (χ1) is 14.2. The average Bonchev–Trinajstić information content (AvgIpc) is 2.80. The molecule has 0 saturated carbocycles. The molecule has 29 heavy (non-hydrogen) atoms. The minimum Gasteiger partial charge on any atom is -0.480 e. The number of nitrogens with one attached hydrogen (secondary N) is 1. The van der Waals surface area contributed by atoms with Gasteiger partial charge in [-0.2, -0.15) is 0 Å². The Kier molecular flexibility index (Phi) is 5.46. The highest BCUT2D eigenvalue weighted by molar-refractivity contribution is 6.02. The molecule has 4 rings (SSSR count). The van der Waals surface area contributed by atoms with Gasteiger partial charge in [0.1, 0.15) is 18.0 Å². The number of aromatic nitrogens is 4. The van der Waals surface area contributed by atoms with Gasteiger partial charge in [0, 0.05) is 44.0 Å². The number of carbonyl (C=O) groups is 1. The second kappa shape index (κ2) is 8.51. The van der Waals surface area contributed by atoms with Crippen LogP contribution < -0.4 is 19.9 Å². The monoisotopic (exact) mass is 391 g/mol. The standard InChI is InChI=1S/C20H21N7O2/c1-29-19-8-7-16(24-25-19)20(28)23-17-13-18(22-14-21-17)27-11-9-26(10-12-27)15-5-3-2-4-6-15/h2-8,13-14H,9-12H2,1H3,(H,21,22,23,28). The Morgan fingerprint density at radius 3 is 2.41 bits per heavy atom. The second-order valence-corrected chi connectivity index (χ2v) is 6.49.